The van der Waals surface area contributed by atoms with Crippen LogP contribution in [-0.4, -0.2) is 81.7 Å². The maximum Gasteiger partial charge on any atom is 0.319 e. The van der Waals surface area contributed by atoms with Gasteiger partial charge in [0.15, 0.2) is 23.1 Å². The number of fused-ring (bicyclic) bond motifs is 3. The average molecular weight is 638 g/mol. The number of rotatable bonds is 7. The minimum Gasteiger partial charge on any atom is -0.493 e. The number of nitrogens with zero attached hydrogens (tertiary/aromatic N) is 6. The zero-order valence-corrected chi connectivity index (χ0v) is 24.6. The Bertz CT molecular complexity index is 1520. The van der Waals surface area contributed by atoms with Crippen molar-refractivity contribution in [2.24, 2.45) is 0 Å². The Hall–Kier alpha value is -3.13. The number of ether oxygens (including phenoxy) is 2. The first kappa shape index (κ1) is 28.0. The fourth-order valence-corrected chi connectivity index (χ4v) is 6.60. The molecule has 2 fully saturated rings. The van der Waals surface area contributed by atoms with Gasteiger partial charge in [-0.25, -0.2) is 13.2 Å². The third-order valence-electron chi connectivity index (χ3n) is 8.07. The van der Waals surface area contributed by atoms with Crippen molar-refractivity contribution in [3.63, 3.8) is 0 Å². The number of alkyl halides is 1. The van der Waals surface area contributed by atoms with Gasteiger partial charge in [0.2, 0.25) is 0 Å². The molecule has 1 N–H and O–H groups in total. The van der Waals surface area contributed by atoms with Gasteiger partial charge in [0, 0.05) is 25.6 Å². The van der Waals surface area contributed by atoms with Crippen molar-refractivity contribution in [3.05, 3.63) is 33.6 Å². The summed E-state index contributed by atoms with van der Waals surface area (Å²) in [6.45, 7) is 6.10. The molecule has 0 aliphatic carbocycles. The summed E-state index contributed by atoms with van der Waals surface area (Å²) in [5.74, 6) is -2.08. The largest absolute Gasteiger partial charge is 0.493 e. The van der Waals surface area contributed by atoms with E-state index in [2.05, 4.69) is 41.2 Å². The maximum atomic E-state index is 15.5. The summed E-state index contributed by atoms with van der Waals surface area (Å²) < 4.78 is 57.8. The fraction of sp³-hybridized carbons (Fsp3) is 0.556. The van der Waals surface area contributed by atoms with Crippen LogP contribution in [0.3, 0.4) is 0 Å². The molecule has 3 aliphatic heterocycles. The molecule has 0 unspecified atom stereocenters. The molecule has 3 aliphatic rings. The normalized spacial score (nSPS) is 22.3. The topological polar surface area (TPSA) is 97.6 Å². The molecular formula is C27H31BrF3N7O3. The van der Waals surface area contributed by atoms with Crippen molar-refractivity contribution in [3.8, 4) is 11.8 Å². The smallest absolute Gasteiger partial charge is 0.319 e. The first-order valence-corrected chi connectivity index (χ1v) is 14.5. The van der Waals surface area contributed by atoms with Crippen LogP contribution in [0.2, 0.25) is 0 Å². The minimum atomic E-state index is -0.932. The van der Waals surface area contributed by atoms with Gasteiger partial charge in [-0.1, -0.05) is 0 Å². The van der Waals surface area contributed by atoms with Crippen LogP contribution in [0.15, 0.2) is 10.5 Å². The molecule has 220 valence electrons. The van der Waals surface area contributed by atoms with Crippen LogP contribution in [-0.2, 0) is 13.1 Å². The van der Waals surface area contributed by atoms with E-state index in [1.54, 1.807) is 10.7 Å². The molecule has 0 radical (unpaired) electrons. The minimum absolute atomic E-state index is 0.0454. The van der Waals surface area contributed by atoms with Gasteiger partial charge in [0.25, 0.3) is 5.91 Å². The van der Waals surface area contributed by atoms with Gasteiger partial charge in [0.1, 0.15) is 24.1 Å². The molecule has 2 atom stereocenters. The molecule has 0 saturated carbocycles. The highest BCUT2D eigenvalue weighted by atomic mass is 79.9. The number of nitrogens with one attached hydrogen (secondary N) is 1. The van der Waals surface area contributed by atoms with Gasteiger partial charge in [-0.3, -0.25) is 14.4 Å². The molecule has 14 heteroatoms. The summed E-state index contributed by atoms with van der Waals surface area (Å²) in [6.07, 6.45) is 1.15. The number of hydrogen-bond donors (Lipinski definition) is 1. The molecule has 5 heterocycles. The Morgan fingerprint density at radius 2 is 2.05 bits per heavy atom. The van der Waals surface area contributed by atoms with Crippen LogP contribution >= 0.6 is 15.9 Å². The average Bonchev–Trinajstić information content (AvgIpc) is 3.62. The van der Waals surface area contributed by atoms with Crippen molar-refractivity contribution in [2.75, 3.05) is 38.3 Å². The zero-order chi connectivity index (χ0) is 29.1. The Morgan fingerprint density at radius 1 is 1.24 bits per heavy atom. The number of carbonyl (C=O) groups is 1. The van der Waals surface area contributed by atoms with Gasteiger partial charge in [0.05, 0.1) is 41.3 Å². The Morgan fingerprint density at radius 3 is 2.80 bits per heavy atom. The van der Waals surface area contributed by atoms with E-state index in [0.29, 0.717) is 26.1 Å². The molecular weight excluding hydrogens is 607 g/mol. The summed E-state index contributed by atoms with van der Waals surface area (Å²) in [6, 6.07) is 1.56. The van der Waals surface area contributed by atoms with E-state index in [-0.39, 0.29) is 59.3 Å². The van der Waals surface area contributed by atoms with Gasteiger partial charge in [-0.2, -0.15) is 15.1 Å². The van der Waals surface area contributed by atoms with Gasteiger partial charge < -0.3 is 19.7 Å². The maximum absolute atomic E-state index is 15.5. The molecule has 1 amide bonds. The van der Waals surface area contributed by atoms with Crippen LogP contribution in [0.25, 0.3) is 10.9 Å². The third kappa shape index (κ3) is 4.88. The predicted octanol–water partition coefficient (Wildman–Crippen LogP) is 3.99. The summed E-state index contributed by atoms with van der Waals surface area (Å²) in [5, 5.41) is 7.33. The Balaban J connectivity index is 1.39. The highest BCUT2D eigenvalue weighted by Crippen LogP contribution is 2.43. The van der Waals surface area contributed by atoms with E-state index >= 15 is 8.78 Å². The number of halogens is 4. The van der Waals surface area contributed by atoms with Crippen LogP contribution in [0.4, 0.5) is 19.0 Å². The van der Waals surface area contributed by atoms with E-state index in [9.17, 15) is 9.18 Å². The summed E-state index contributed by atoms with van der Waals surface area (Å²) >= 11 is 2.98. The lowest BCUT2D eigenvalue weighted by atomic mass is 9.95. The van der Waals surface area contributed by atoms with Crippen molar-refractivity contribution < 1.29 is 27.4 Å². The number of anilines is 1. The first-order valence-electron chi connectivity index (χ1n) is 13.7. The SMILES string of the molecule is COc1c(F)c(Br)c(F)c2nc(OC[C@@]34CCCN3C[C@H](F)C4)nc(N3CCn4nc(C(=O)NC(C)C)cc4C3)c12. The summed E-state index contributed by atoms with van der Waals surface area (Å²) in [4.78, 5) is 25.5. The molecule has 6 rings (SSSR count). The van der Waals surface area contributed by atoms with E-state index in [1.165, 1.54) is 7.11 Å². The van der Waals surface area contributed by atoms with Crippen molar-refractivity contribution in [1.82, 2.24) is 30.0 Å². The number of benzene rings is 1. The third-order valence-corrected chi connectivity index (χ3v) is 8.77. The molecule has 0 bridgehead atoms. The molecule has 2 aromatic heterocycles. The van der Waals surface area contributed by atoms with Gasteiger partial charge >= 0.3 is 6.01 Å². The molecule has 10 nitrogen and oxygen atoms in total. The highest BCUT2D eigenvalue weighted by Gasteiger charge is 2.49. The second-order valence-electron chi connectivity index (χ2n) is 11.2. The van der Waals surface area contributed by atoms with Crippen LogP contribution < -0.4 is 19.7 Å². The lowest BCUT2D eigenvalue weighted by molar-refractivity contribution is 0.0937. The highest BCUT2D eigenvalue weighted by molar-refractivity contribution is 9.10. The fourth-order valence-electron chi connectivity index (χ4n) is 6.23. The van der Waals surface area contributed by atoms with Gasteiger partial charge in [-0.15, -0.1) is 0 Å². The first-order chi connectivity index (χ1) is 19.6. The summed E-state index contributed by atoms with van der Waals surface area (Å²) in [7, 11) is 1.29. The second kappa shape index (κ2) is 10.6. The van der Waals surface area contributed by atoms with E-state index in [4.69, 9.17) is 9.47 Å². The molecule has 1 aromatic carbocycles. The molecule has 2 saturated heterocycles. The van der Waals surface area contributed by atoms with Crippen molar-refractivity contribution in [1.29, 1.82) is 0 Å². The molecule has 3 aromatic rings. The van der Waals surface area contributed by atoms with Crippen LogP contribution in [0.1, 0.15) is 49.3 Å². The van der Waals surface area contributed by atoms with Gasteiger partial charge in [-0.05, 0) is 55.2 Å². The molecule has 0 spiro atoms. The number of methoxy groups -OCH3 is 1. The number of carbonyl (C=O) groups excluding carboxylic acids is 1. The monoisotopic (exact) mass is 637 g/mol. The lowest BCUT2D eigenvalue weighted by Crippen LogP contribution is -2.43. The number of aromatic nitrogens is 4. The number of hydrogen-bond acceptors (Lipinski definition) is 8. The van der Waals surface area contributed by atoms with Crippen molar-refractivity contribution in [2.45, 2.75) is 64.0 Å². The summed E-state index contributed by atoms with van der Waals surface area (Å²) in [5.41, 5.74) is 0.398. The van der Waals surface area contributed by atoms with Crippen molar-refractivity contribution >= 4 is 38.6 Å². The van der Waals surface area contributed by atoms with E-state index in [0.717, 1.165) is 25.1 Å². The second-order valence-corrected chi connectivity index (χ2v) is 12.0. The quantitative estimate of drug-likeness (QED) is 0.389. The Labute approximate surface area is 243 Å². The number of amides is 1. The Kier molecular flexibility index (Phi) is 7.25. The van der Waals surface area contributed by atoms with E-state index in [1.807, 2.05) is 18.7 Å². The molecule has 41 heavy (non-hydrogen) atoms. The zero-order valence-electron chi connectivity index (χ0n) is 23.0. The lowest BCUT2D eigenvalue weighted by Gasteiger charge is -2.32. The standard InChI is InChI=1S/C27H31BrF3N7O3/c1-14(2)32-25(39)17-9-16-12-36(7-8-38(16)35-17)24-18-22(20(30)19(28)21(31)23(18)40-3)33-26(34-24)41-13-27-5-4-6-37(27)11-15(29)10-27/h9,14-15H,4-8,10-13H2,1-3H3,(H,32,39)/t15-,27+/m1/s1. The van der Waals surface area contributed by atoms with Crippen LogP contribution in [0.5, 0.6) is 11.8 Å². The van der Waals surface area contributed by atoms with E-state index < -0.39 is 27.8 Å². The van der Waals surface area contributed by atoms with Crippen LogP contribution in [0, 0.1) is 11.6 Å². The predicted molar refractivity (Wildman–Crippen MR) is 148 cm³/mol.